The van der Waals surface area contributed by atoms with Crippen molar-refractivity contribution >= 4 is 0 Å². The second-order valence-electron chi connectivity index (χ2n) is 7.44. The van der Waals surface area contributed by atoms with E-state index in [1.165, 1.54) is 0 Å². The standard InChI is InChI=1S/C19H28O11/c1-8-2-4-9(5-3-8)27-18-16(26)14(24)17(11(7-21)29-18)30-19-15(25)13(23)12(22)10(6-20)28-19/h2-5,10-26H,6-7H2,1H3/t10-,11-,12+,13+,14-,15-,16+,17?,18+,19+/m1/s1. The smallest absolute Gasteiger partial charge is 0.229 e. The van der Waals surface area contributed by atoms with Crippen molar-refractivity contribution in [2.45, 2.75) is 68.3 Å². The lowest BCUT2D eigenvalue weighted by Crippen LogP contribution is -2.65. The lowest BCUT2D eigenvalue weighted by molar-refractivity contribution is -0.352. The minimum absolute atomic E-state index is 0.377. The van der Waals surface area contributed by atoms with E-state index in [9.17, 15) is 35.7 Å². The van der Waals surface area contributed by atoms with Gasteiger partial charge in [0.15, 0.2) is 6.29 Å². The Bertz CT molecular complexity index is 667. The van der Waals surface area contributed by atoms with Gasteiger partial charge in [-0.15, -0.1) is 0 Å². The number of benzene rings is 1. The number of ether oxygens (including phenoxy) is 4. The molecule has 2 aliphatic rings. The molecule has 2 saturated heterocycles. The van der Waals surface area contributed by atoms with E-state index in [1.807, 2.05) is 6.92 Å². The van der Waals surface area contributed by atoms with Gasteiger partial charge in [0.1, 0.15) is 54.6 Å². The molecule has 3 rings (SSSR count). The molecular formula is C19H28O11. The van der Waals surface area contributed by atoms with Crippen molar-refractivity contribution in [3.63, 3.8) is 0 Å². The number of hydrogen-bond donors (Lipinski definition) is 7. The first kappa shape index (κ1) is 23.3. The number of aliphatic hydroxyl groups excluding tert-OH is 7. The Morgan fingerprint density at radius 1 is 0.733 bits per heavy atom. The van der Waals surface area contributed by atoms with E-state index in [1.54, 1.807) is 24.3 Å². The normalized spacial score (nSPS) is 42.1. The predicted octanol–water partition coefficient (Wildman–Crippen LogP) is -3.00. The number of aliphatic hydroxyl groups is 7. The van der Waals surface area contributed by atoms with E-state index in [2.05, 4.69) is 0 Å². The van der Waals surface area contributed by atoms with Crippen molar-refractivity contribution in [1.82, 2.24) is 0 Å². The largest absolute Gasteiger partial charge is 0.462 e. The molecule has 30 heavy (non-hydrogen) atoms. The number of rotatable bonds is 6. The second kappa shape index (κ2) is 9.83. The van der Waals surface area contributed by atoms with Crippen LogP contribution in [0.15, 0.2) is 24.3 Å². The summed E-state index contributed by atoms with van der Waals surface area (Å²) in [4.78, 5) is 0. The van der Waals surface area contributed by atoms with Gasteiger partial charge in [-0.1, -0.05) is 17.7 Å². The fourth-order valence-corrected chi connectivity index (χ4v) is 3.40. The third kappa shape index (κ3) is 4.75. The Labute approximate surface area is 172 Å². The fourth-order valence-electron chi connectivity index (χ4n) is 3.40. The zero-order valence-corrected chi connectivity index (χ0v) is 16.3. The van der Waals surface area contributed by atoms with Gasteiger partial charge in [0.05, 0.1) is 13.2 Å². The zero-order chi connectivity index (χ0) is 22.0. The Morgan fingerprint density at radius 2 is 1.30 bits per heavy atom. The summed E-state index contributed by atoms with van der Waals surface area (Å²) in [7, 11) is 0. The molecule has 11 heteroatoms. The lowest BCUT2D eigenvalue weighted by Gasteiger charge is -2.45. The highest BCUT2D eigenvalue weighted by atomic mass is 16.7. The molecule has 1 aromatic rings. The van der Waals surface area contributed by atoms with E-state index in [4.69, 9.17) is 18.9 Å². The zero-order valence-electron chi connectivity index (χ0n) is 16.3. The van der Waals surface area contributed by atoms with Gasteiger partial charge in [-0.25, -0.2) is 0 Å². The topological polar surface area (TPSA) is 179 Å². The van der Waals surface area contributed by atoms with Crippen molar-refractivity contribution in [3.05, 3.63) is 29.8 Å². The fraction of sp³-hybridized carbons (Fsp3) is 0.684. The van der Waals surface area contributed by atoms with Crippen LogP contribution in [0.1, 0.15) is 5.56 Å². The summed E-state index contributed by atoms with van der Waals surface area (Å²) >= 11 is 0. The summed E-state index contributed by atoms with van der Waals surface area (Å²) in [6, 6.07) is 6.88. The Hall–Kier alpha value is -1.38. The van der Waals surface area contributed by atoms with Gasteiger partial charge >= 0.3 is 0 Å². The molecule has 0 aliphatic carbocycles. The molecule has 0 aromatic heterocycles. The molecular weight excluding hydrogens is 404 g/mol. The molecule has 7 N–H and O–H groups in total. The molecule has 170 valence electrons. The van der Waals surface area contributed by atoms with E-state index >= 15 is 0 Å². The molecule has 0 bridgehead atoms. The van der Waals surface area contributed by atoms with Gasteiger partial charge in [-0.3, -0.25) is 0 Å². The first-order valence-electron chi connectivity index (χ1n) is 9.58. The van der Waals surface area contributed by atoms with Crippen LogP contribution in [0.4, 0.5) is 0 Å². The highest BCUT2D eigenvalue weighted by Gasteiger charge is 2.51. The van der Waals surface area contributed by atoms with Gasteiger partial charge < -0.3 is 54.7 Å². The molecule has 11 nitrogen and oxygen atoms in total. The Kier molecular flexibility index (Phi) is 7.63. The molecule has 2 heterocycles. The maximum atomic E-state index is 10.5. The molecule has 0 saturated carbocycles. The minimum Gasteiger partial charge on any atom is -0.462 e. The highest BCUT2D eigenvalue weighted by Crippen LogP contribution is 2.30. The van der Waals surface area contributed by atoms with Gasteiger partial charge in [0.25, 0.3) is 0 Å². The van der Waals surface area contributed by atoms with Crippen molar-refractivity contribution in [3.8, 4) is 5.75 Å². The molecule has 10 atom stereocenters. The van der Waals surface area contributed by atoms with E-state index < -0.39 is 74.6 Å². The Balaban J connectivity index is 1.71. The second-order valence-corrected chi connectivity index (χ2v) is 7.44. The maximum absolute atomic E-state index is 10.5. The molecule has 0 spiro atoms. The van der Waals surface area contributed by atoms with Crippen molar-refractivity contribution in [1.29, 1.82) is 0 Å². The first-order valence-corrected chi connectivity index (χ1v) is 9.58. The van der Waals surface area contributed by atoms with E-state index in [0.29, 0.717) is 5.75 Å². The van der Waals surface area contributed by atoms with Crippen molar-refractivity contribution < 1.29 is 54.7 Å². The van der Waals surface area contributed by atoms with Crippen LogP contribution in [0.5, 0.6) is 5.75 Å². The third-order valence-corrected chi connectivity index (χ3v) is 5.23. The SMILES string of the molecule is Cc1ccc(O[C@H]2O[C@H](CO)C(O[C@@H]3O[C@H](CO)[C@H](O)[C@H](O)[C@H]3O)[C@H](O)[C@@H]2O)cc1. The van der Waals surface area contributed by atoms with Gasteiger partial charge in [-0.2, -0.15) is 0 Å². The molecule has 2 aliphatic heterocycles. The summed E-state index contributed by atoms with van der Waals surface area (Å²) in [6.07, 6.45) is -14.8. The van der Waals surface area contributed by atoms with E-state index in [0.717, 1.165) is 5.56 Å². The van der Waals surface area contributed by atoms with Crippen LogP contribution in [-0.2, 0) is 14.2 Å². The minimum atomic E-state index is -1.71. The summed E-state index contributed by atoms with van der Waals surface area (Å²) in [5.74, 6) is 0.377. The van der Waals surface area contributed by atoms with Crippen LogP contribution in [0.2, 0.25) is 0 Å². The summed E-state index contributed by atoms with van der Waals surface area (Å²) < 4.78 is 21.8. The van der Waals surface area contributed by atoms with Crippen LogP contribution in [0.25, 0.3) is 0 Å². The monoisotopic (exact) mass is 432 g/mol. The molecule has 1 unspecified atom stereocenters. The van der Waals surface area contributed by atoms with Crippen molar-refractivity contribution in [2.24, 2.45) is 0 Å². The highest BCUT2D eigenvalue weighted by molar-refractivity contribution is 5.26. The van der Waals surface area contributed by atoms with Gasteiger partial charge in [0.2, 0.25) is 6.29 Å². The Morgan fingerprint density at radius 3 is 1.90 bits per heavy atom. The van der Waals surface area contributed by atoms with Gasteiger partial charge in [-0.05, 0) is 19.1 Å². The van der Waals surface area contributed by atoms with Crippen LogP contribution in [0.3, 0.4) is 0 Å². The lowest BCUT2D eigenvalue weighted by atomic mass is 9.97. The quantitative estimate of drug-likeness (QED) is 0.244. The maximum Gasteiger partial charge on any atom is 0.229 e. The molecule has 2 fully saturated rings. The summed E-state index contributed by atoms with van der Waals surface area (Å²) in [5, 5.41) is 69.8. The average Bonchev–Trinajstić information content (AvgIpc) is 2.74. The molecule has 0 radical (unpaired) electrons. The third-order valence-electron chi connectivity index (χ3n) is 5.23. The predicted molar refractivity (Wildman–Crippen MR) is 98.2 cm³/mol. The van der Waals surface area contributed by atoms with Crippen LogP contribution in [-0.4, -0.2) is 110 Å². The number of hydrogen-bond acceptors (Lipinski definition) is 11. The average molecular weight is 432 g/mol. The molecule has 0 amide bonds. The molecule has 1 aromatic carbocycles. The first-order chi connectivity index (χ1) is 14.3. The van der Waals surface area contributed by atoms with Crippen LogP contribution >= 0.6 is 0 Å². The van der Waals surface area contributed by atoms with Gasteiger partial charge in [0, 0.05) is 0 Å². The van der Waals surface area contributed by atoms with E-state index in [-0.39, 0.29) is 0 Å². The van der Waals surface area contributed by atoms with Crippen molar-refractivity contribution in [2.75, 3.05) is 13.2 Å². The summed E-state index contributed by atoms with van der Waals surface area (Å²) in [6.45, 7) is 0.606. The number of aryl methyl sites for hydroxylation is 1. The summed E-state index contributed by atoms with van der Waals surface area (Å²) in [5.41, 5.74) is 0.994. The van der Waals surface area contributed by atoms with Crippen LogP contribution in [0, 0.1) is 6.92 Å². The van der Waals surface area contributed by atoms with Crippen LogP contribution < -0.4 is 4.74 Å².